The first-order valence-electron chi connectivity index (χ1n) is 13.7. The van der Waals surface area contributed by atoms with Gasteiger partial charge < -0.3 is 19.2 Å². The Balaban J connectivity index is 1.36. The Morgan fingerprint density at radius 3 is 2.62 bits per heavy atom. The summed E-state index contributed by atoms with van der Waals surface area (Å²) in [6.07, 6.45) is 2.13. The minimum absolute atomic E-state index is 0.0989. The number of rotatable bonds is 9. The number of ether oxygens (including phenoxy) is 3. The predicted molar refractivity (Wildman–Crippen MR) is 146 cm³/mol. The van der Waals surface area contributed by atoms with Crippen molar-refractivity contribution < 1.29 is 14.2 Å². The fourth-order valence-electron chi connectivity index (χ4n) is 5.63. The van der Waals surface area contributed by atoms with Crippen LogP contribution in [-0.4, -0.2) is 62.6 Å². The van der Waals surface area contributed by atoms with Crippen LogP contribution in [0.5, 0.6) is 11.5 Å². The molecule has 2 aliphatic heterocycles. The second kappa shape index (κ2) is 11.2. The molecule has 6 rings (SSSR count). The standard InChI is InChI=1S/C29H34N6O4/c1-19(2)27(28-31-32-33-35(28)16-20-7-4-3-5-8-20)34(18-23-9-6-10-37-23)17-22-13-21-14-25-26(39-12-11-38-25)15-24(21)30-29(22)36/h3-5,7-8,13-15,19,23,27H,6,9-12,16-18H2,1-2H3,(H,30,36). The molecule has 0 radical (unpaired) electrons. The van der Waals surface area contributed by atoms with Crippen LogP contribution in [-0.2, 0) is 17.8 Å². The van der Waals surface area contributed by atoms with Crippen LogP contribution in [0.2, 0.25) is 0 Å². The van der Waals surface area contributed by atoms with Gasteiger partial charge in [-0.15, -0.1) is 5.10 Å². The first-order chi connectivity index (χ1) is 19.0. The number of nitrogens with zero attached hydrogens (tertiary/aromatic N) is 5. The summed E-state index contributed by atoms with van der Waals surface area (Å²) in [6, 6.07) is 15.8. The average molecular weight is 531 g/mol. The van der Waals surface area contributed by atoms with Crippen molar-refractivity contribution in [3.05, 3.63) is 75.8 Å². The van der Waals surface area contributed by atoms with Crippen molar-refractivity contribution in [2.75, 3.05) is 26.4 Å². The van der Waals surface area contributed by atoms with Crippen LogP contribution in [0.15, 0.2) is 53.3 Å². The van der Waals surface area contributed by atoms with Crippen molar-refractivity contribution in [3.8, 4) is 11.5 Å². The van der Waals surface area contributed by atoms with E-state index in [-0.39, 0.29) is 23.6 Å². The number of pyridine rings is 1. The van der Waals surface area contributed by atoms with E-state index in [4.69, 9.17) is 14.2 Å². The number of tetrazole rings is 1. The molecule has 4 aromatic rings. The topological polar surface area (TPSA) is 107 Å². The molecule has 1 N–H and O–H groups in total. The molecule has 0 aliphatic carbocycles. The molecular weight excluding hydrogens is 496 g/mol. The molecule has 0 spiro atoms. The van der Waals surface area contributed by atoms with Gasteiger partial charge in [-0.1, -0.05) is 44.2 Å². The number of aromatic amines is 1. The number of benzene rings is 2. The molecule has 2 atom stereocenters. The van der Waals surface area contributed by atoms with E-state index >= 15 is 0 Å². The predicted octanol–water partition coefficient (Wildman–Crippen LogP) is 3.71. The molecule has 2 aromatic carbocycles. The fraction of sp³-hybridized carbons (Fsp3) is 0.448. The van der Waals surface area contributed by atoms with Gasteiger partial charge in [-0.05, 0) is 46.9 Å². The molecule has 4 heterocycles. The van der Waals surface area contributed by atoms with E-state index in [0.29, 0.717) is 49.9 Å². The van der Waals surface area contributed by atoms with E-state index in [1.54, 1.807) is 0 Å². The highest BCUT2D eigenvalue weighted by Crippen LogP contribution is 2.34. The SMILES string of the molecule is CC(C)C(c1nnnn1Cc1ccccc1)N(Cc1cc2cc3c(cc2[nH]c1=O)OCCO3)CC1CCCO1. The number of aromatic nitrogens is 5. The molecule has 0 amide bonds. The average Bonchev–Trinajstić information content (AvgIpc) is 3.61. The van der Waals surface area contributed by atoms with Crippen LogP contribution in [0.3, 0.4) is 0 Å². The highest BCUT2D eigenvalue weighted by molar-refractivity contribution is 5.83. The van der Waals surface area contributed by atoms with E-state index < -0.39 is 0 Å². The van der Waals surface area contributed by atoms with Gasteiger partial charge in [0.25, 0.3) is 5.56 Å². The summed E-state index contributed by atoms with van der Waals surface area (Å²) < 4.78 is 19.4. The van der Waals surface area contributed by atoms with Crippen LogP contribution < -0.4 is 15.0 Å². The van der Waals surface area contributed by atoms with Crippen LogP contribution >= 0.6 is 0 Å². The van der Waals surface area contributed by atoms with Crippen LogP contribution in [0, 0.1) is 5.92 Å². The summed E-state index contributed by atoms with van der Waals surface area (Å²) in [5.41, 5.74) is 2.40. The van der Waals surface area contributed by atoms with Crippen molar-refractivity contribution in [3.63, 3.8) is 0 Å². The number of nitrogens with one attached hydrogen (secondary N) is 1. The third kappa shape index (κ3) is 5.53. The number of hydrogen-bond donors (Lipinski definition) is 1. The summed E-state index contributed by atoms with van der Waals surface area (Å²) in [5.74, 6) is 2.32. The quantitative estimate of drug-likeness (QED) is 0.349. The monoisotopic (exact) mass is 530 g/mol. The van der Waals surface area contributed by atoms with Gasteiger partial charge in [0.15, 0.2) is 17.3 Å². The normalized spacial score (nSPS) is 17.8. The molecule has 1 saturated heterocycles. The molecule has 10 heteroatoms. The van der Waals surface area contributed by atoms with Crippen molar-refractivity contribution in [1.29, 1.82) is 0 Å². The number of hydrogen-bond acceptors (Lipinski definition) is 8. The summed E-state index contributed by atoms with van der Waals surface area (Å²) in [5, 5.41) is 13.8. The maximum absolute atomic E-state index is 13.3. The van der Waals surface area contributed by atoms with Crippen LogP contribution in [0.4, 0.5) is 0 Å². The van der Waals surface area contributed by atoms with Gasteiger partial charge in [0.05, 0.1) is 24.2 Å². The lowest BCUT2D eigenvalue weighted by molar-refractivity contribution is 0.0385. The summed E-state index contributed by atoms with van der Waals surface area (Å²) in [7, 11) is 0. The Kier molecular flexibility index (Phi) is 7.30. The molecule has 2 aromatic heterocycles. The molecule has 0 bridgehead atoms. The maximum Gasteiger partial charge on any atom is 0.252 e. The lowest BCUT2D eigenvalue weighted by Crippen LogP contribution is -2.40. The summed E-state index contributed by atoms with van der Waals surface area (Å²) in [4.78, 5) is 18.7. The van der Waals surface area contributed by atoms with Crippen LogP contribution in [0.1, 0.15) is 49.7 Å². The van der Waals surface area contributed by atoms with E-state index in [0.717, 1.165) is 41.7 Å². The molecule has 204 valence electrons. The second-order valence-electron chi connectivity index (χ2n) is 10.6. The van der Waals surface area contributed by atoms with Crippen molar-refractivity contribution in [2.45, 2.75) is 51.9 Å². The zero-order valence-electron chi connectivity index (χ0n) is 22.4. The zero-order chi connectivity index (χ0) is 26.8. The lowest BCUT2D eigenvalue weighted by atomic mass is 9.99. The molecule has 10 nitrogen and oxygen atoms in total. The highest BCUT2D eigenvalue weighted by atomic mass is 16.6. The Bertz CT molecular complexity index is 1480. The number of fused-ring (bicyclic) bond motifs is 2. The van der Waals surface area contributed by atoms with Crippen molar-refractivity contribution >= 4 is 10.9 Å². The van der Waals surface area contributed by atoms with Crippen molar-refractivity contribution in [2.24, 2.45) is 5.92 Å². The minimum Gasteiger partial charge on any atom is -0.486 e. The fourth-order valence-corrected chi connectivity index (χ4v) is 5.63. The minimum atomic E-state index is -0.122. The third-order valence-electron chi connectivity index (χ3n) is 7.44. The second-order valence-corrected chi connectivity index (χ2v) is 10.6. The maximum atomic E-state index is 13.3. The van der Waals surface area contributed by atoms with E-state index in [2.05, 4.69) is 51.4 Å². The van der Waals surface area contributed by atoms with Crippen molar-refractivity contribution in [1.82, 2.24) is 30.1 Å². The van der Waals surface area contributed by atoms with Gasteiger partial charge in [0, 0.05) is 36.7 Å². The Morgan fingerprint density at radius 1 is 1.08 bits per heavy atom. The molecule has 1 fully saturated rings. The first kappa shape index (κ1) is 25.5. The Hall–Kier alpha value is -3.76. The number of H-pyrrole nitrogens is 1. The van der Waals surface area contributed by atoms with Gasteiger partial charge in [0.2, 0.25) is 0 Å². The summed E-state index contributed by atoms with van der Waals surface area (Å²) >= 11 is 0. The van der Waals surface area contributed by atoms with Gasteiger partial charge in [0.1, 0.15) is 13.2 Å². The molecular formula is C29H34N6O4. The Morgan fingerprint density at radius 2 is 1.87 bits per heavy atom. The Labute approximate surface area is 226 Å². The first-order valence-corrected chi connectivity index (χ1v) is 13.7. The molecule has 2 unspecified atom stereocenters. The largest absolute Gasteiger partial charge is 0.486 e. The lowest BCUT2D eigenvalue weighted by Gasteiger charge is -2.35. The highest BCUT2D eigenvalue weighted by Gasteiger charge is 2.32. The van der Waals surface area contributed by atoms with E-state index in [1.165, 1.54) is 0 Å². The van der Waals surface area contributed by atoms with Gasteiger partial charge in [-0.2, -0.15) is 0 Å². The zero-order valence-corrected chi connectivity index (χ0v) is 22.4. The molecule has 0 saturated carbocycles. The third-order valence-corrected chi connectivity index (χ3v) is 7.44. The molecule has 2 aliphatic rings. The van der Waals surface area contributed by atoms with E-state index in [1.807, 2.05) is 41.1 Å². The smallest absolute Gasteiger partial charge is 0.252 e. The van der Waals surface area contributed by atoms with E-state index in [9.17, 15) is 4.79 Å². The molecule has 39 heavy (non-hydrogen) atoms. The van der Waals surface area contributed by atoms with Gasteiger partial charge >= 0.3 is 0 Å². The van der Waals surface area contributed by atoms with Crippen LogP contribution in [0.25, 0.3) is 10.9 Å². The summed E-state index contributed by atoms with van der Waals surface area (Å²) in [6.45, 7) is 7.80. The van der Waals surface area contributed by atoms with Gasteiger partial charge in [-0.25, -0.2) is 4.68 Å². The van der Waals surface area contributed by atoms with Gasteiger partial charge in [-0.3, -0.25) is 9.69 Å².